The van der Waals surface area contributed by atoms with Crippen LogP contribution >= 0.6 is 0 Å². The van der Waals surface area contributed by atoms with Crippen LogP contribution in [0.4, 0.5) is 5.69 Å². The van der Waals surface area contributed by atoms with Gasteiger partial charge in [0.05, 0.1) is 0 Å². The predicted octanol–water partition coefficient (Wildman–Crippen LogP) is 3.76. The number of hydrogen-bond donors (Lipinski definition) is 1. The molecule has 1 aliphatic rings. The van der Waals surface area contributed by atoms with Gasteiger partial charge in [-0.1, -0.05) is 17.7 Å². The van der Waals surface area contributed by atoms with Gasteiger partial charge in [-0.3, -0.25) is 0 Å². The van der Waals surface area contributed by atoms with Gasteiger partial charge in [0.2, 0.25) is 0 Å². The zero-order chi connectivity index (χ0) is 11.7. The maximum atomic E-state index is 5.83. The fraction of sp³-hybridized carbons (Fsp3) is 0.200. The third kappa shape index (κ3) is 2.11. The van der Waals surface area contributed by atoms with Crippen molar-refractivity contribution in [2.24, 2.45) is 0 Å². The summed E-state index contributed by atoms with van der Waals surface area (Å²) in [6.07, 6.45) is 1.08. The summed E-state index contributed by atoms with van der Waals surface area (Å²) >= 11 is 0. The molecule has 1 aliphatic heterocycles. The Morgan fingerprint density at radius 2 is 1.76 bits per heavy atom. The molecule has 3 rings (SSSR count). The van der Waals surface area contributed by atoms with E-state index in [4.69, 9.17) is 4.74 Å². The van der Waals surface area contributed by atoms with Crippen molar-refractivity contribution in [2.45, 2.75) is 13.3 Å². The third-order valence-electron chi connectivity index (χ3n) is 3.04. The maximum absolute atomic E-state index is 5.83. The Kier molecular flexibility index (Phi) is 2.48. The molecular weight excluding hydrogens is 210 g/mol. The summed E-state index contributed by atoms with van der Waals surface area (Å²) < 4.78 is 5.83. The molecule has 0 spiro atoms. The largest absolute Gasteiger partial charge is 0.457 e. The van der Waals surface area contributed by atoms with Gasteiger partial charge in [0, 0.05) is 12.2 Å². The van der Waals surface area contributed by atoms with Crippen LogP contribution in [0, 0.1) is 6.92 Å². The summed E-state index contributed by atoms with van der Waals surface area (Å²) in [4.78, 5) is 0. The van der Waals surface area contributed by atoms with Crippen LogP contribution in [-0.4, -0.2) is 6.54 Å². The molecule has 0 unspecified atom stereocenters. The fourth-order valence-corrected chi connectivity index (χ4v) is 2.09. The molecule has 1 heterocycles. The summed E-state index contributed by atoms with van der Waals surface area (Å²) in [5.41, 5.74) is 3.83. The highest BCUT2D eigenvalue weighted by Gasteiger charge is 2.10. The van der Waals surface area contributed by atoms with E-state index in [9.17, 15) is 0 Å². The zero-order valence-corrected chi connectivity index (χ0v) is 9.86. The molecule has 2 aromatic carbocycles. The Bertz CT molecular complexity index is 531. The standard InChI is InChI=1S/C15H15NO/c1-11-2-4-13(5-3-11)17-14-6-7-15-12(10-14)8-9-16-15/h2-7,10,16H,8-9H2,1H3. The lowest BCUT2D eigenvalue weighted by atomic mass is 10.1. The van der Waals surface area contributed by atoms with Gasteiger partial charge in [-0.25, -0.2) is 0 Å². The molecule has 0 fully saturated rings. The van der Waals surface area contributed by atoms with Crippen LogP contribution in [0.2, 0.25) is 0 Å². The van der Waals surface area contributed by atoms with Crippen molar-refractivity contribution < 1.29 is 4.74 Å². The first-order valence-corrected chi connectivity index (χ1v) is 5.92. The van der Waals surface area contributed by atoms with E-state index in [2.05, 4.69) is 36.5 Å². The van der Waals surface area contributed by atoms with Crippen LogP contribution in [0.15, 0.2) is 42.5 Å². The molecule has 0 radical (unpaired) electrons. The van der Waals surface area contributed by atoms with Crippen LogP contribution in [0.3, 0.4) is 0 Å². The fourth-order valence-electron chi connectivity index (χ4n) is 2.09. The molecule has 86 valence electrons. The Balaban J connectivity index is 1.83. The molecule has 0 aromatic heterocycles. The Morgan fingerprint density at radius 1 is 1.00 bits per heavy atom. The first kappa shape index (κ1) is 10.2. The highest BCUT2D eigenvalue weighted by atomic mass is 16.5. The van der Waals surface area contributed by atoms with Crippen molar-refractivity contribution in [2.75, 3.05) is 11.9 Å². The van der Waals surface area contributed by atoms with Crippen LogP contribution in [-0.2, 0) is 6.42 Å². The van der Waals surface area contributed by atoms with Gasteiger partial charge >= 0.3 is 0 Å². The molecule has 0 saturated carbocycles. The lowest BCUT2D eigenvalue weighted by Crippen LogP contribution is -1.90. The van der Waals surface area contributed by atoms with Gasteiger partial charge in [-0.15, -0.1) is 0 Å². The van der Waals surface area contributed by atoms with E-state index in [1.807, 2.05) is 18.2 Å². The number of anilines is 1. The van der Waals surface area contributed by atoms with E-state index in [1.54, 1.807) is 0 Å². The molecule has 2 nitrogen and oxygen atoms in total. The highest BCUT2D eigenvalue weighted by Crippen LogP contribution is 2.29. The van der Waals surface area contributed by atoms with Crippen LogP contribution < -0.4 is 10.1 Å². The monoisotopic (exact) mass is 225 g/mol. The van der Waals surface area contributed by atoms with Crippen molar-refractivity contribution in [1.82, 2.24) is 0 Å². The van der Waals surface area contributed by atoms with Gasteiger partial charge in [0.1, 0.15) is 11.5 Å². The minimum Gasteiger partial charge on any atom is -0.457 e. The SMILES string of the molecule is Cc1ccc(Oc2ccc3c(c2)CCN3)cc1. The van der Waals surface area contributed by atoms with E-state index in [0.29, 0.717) is 0 Å². The van der Waals surface area contributed by atoms with Crippen molar-refractivity contribution in [3.05, 3.63) is 53.6 Å². The number of hydrogen-bond acceptors (Lipinski definition) is 2. The number of ether oxygens (including phenoxy) is 1. The van der Waals surface area contributed by atoms with Crippen molar-refractivity contribution in [3.8, 4) is 11.5 Å². The summed E-state index contributed by atoms with van der Waals surface area (Å²) in [6, 6.07) is 14.3. The minimum atomic E-state index is 0.890. The van der Waals surface area contributed by atoms with Gasteiger partial charge in [-0.2, -0.15) is 0 Å². The first-order chi connectivity index (χ1) is 8.31. The Labute approximate surface area is 101 Å². The summed E-state index contributed by atoms with van der Waals surface area (Å²) in [5.74, 6) is 1.80. The number of aryl methyl sites for hydroxylation is 1. The normalized spacial score (nSPS) is 13.0. The second kappa shape index (κ2) is 4.13. The van der Waals surface area contributed by atoms with Crippen LogP contribution in [0.1, 0.15) is 11.1 Å². The van der Waals surface area contributed by atoms with E-state index in [1.165, 1.54) is 16.8 Å². The van der Waals surface area contributed by atoms with E-state index in [0.717, 1.165) is 24.5 Å². The quantitative estimate of drug-likeness (QED) is 0.840. The lowest BCUT2D eigenvalue weighted by Gasteiger charge is -2.07. The van der Waals surface area contributed by atoms with E-state index >= 15 is 0 Å². The smallest absolute Gasteiger partial charge is 0.127 e. The van der Waals surface area contributed by atoms with Crippen LogP contribution in [0.25, 0.3) is 0 Å². The van der Waals surface area contributed by atoms with Gasteiger partial charge < -0.3 is 10.1 Å². The van der Waals surface area contributed by atoms with Crippen LogP contribution in [0.5, 0.6) is 11.5 Å². The molecule has 0 aliphatic carbocycles. The Morgan fingerprint density at radius 3 is 2.59 bits per heavy atom. The third-order valence-corrected chi connectivity index (χ3v) is 3.04. The molecule has 2 aromatic rings. The van der Waals surface area contributed by atoms with E-state index < -0.39 is 0 Å². The topological polar surface area (TPSA) is 21.3 Å². The number of fused-ring (bicyclic) bond motifs is 1. The van der Waals surface area contributed by atoms with Gasteiger partial charge in [-0.05, 0) is 49.2 Å². The second-order valence-electron chi connectivity index (χ2n) is 4.41. The molecule has 0 amide bonds. The van der Waals surface area contributed by atoms with Crippen molar-refractivity contribution in [3.63, 3.8) is 0 Å². The molecular formula is C15H15NO. The number of rotatable bonds is 2. The van der Waals surface area contributed by atoms with E-state index in [-0.39, 0.29) is 0 Å². The molecule has 1 N–H and O–H groups in total. The number of nitrogens with one attached hydrogen (secondary N) is 1. The average Bonchev–Trinajstić information content (AvgIpc) is 2.79. The molecule has 0 atom stereocenters. The molecule has 0 saturated heterocycles. The predicted molar refractivity (Wildman–Crippen MR) is 69.9 cm³/mol. The molecule has 2 heteroatoms. The second-order valence-corrected chi connectivity index (χ2v) is 4.41. The average molecular weight is 225 g/mol. The summed E-state index contributed by atoms with van der Waals surface area (Å²) in [6.45, 7) is 3.11. The Hall–Kier alpha value is -1.96. The lowest BCUT2D eigenvalue weighted by molar-refractivity contribution is 0.482. The molecule has 17 heavy (non-hydrogen) atoms. The first-order valence-electron chi connectivity index (χ1n) is 5.92. The number of benzene rings is 2. The van der Waals surface area contributed by atoms with Crippen molar-refractivity contribution in [1.29, 1.82) is 0 Å². The van der Waals surface area contributed by atoms with Crippen molar-refractivity contribution >= 4 is 5.69 Å². The summed E-state index contributed by atoms with van der Waals surface area (Å²) in [5, 5.41) is 3.34. The summed E-state index contributed by atoms with van der Waals surface area (Å²) in [7, 11) is 0. The maximum Gasteiger partial charge on any atom is 0.127 e. The van der Waals surface area contributed by atoms with Gasteiger partial charge in [0.15, 0.2) is 0 Å². The minimum absolute atomic E-state index is 0.890. The van der Waals surface area contributed by atoms with Gasteiger partial charge in [0.25, 0.3) is 0 Å². The molecule has 0 bridgehead atoms. The zero-order valence-electron chi connectivity index (χ0n) is 9.86. The highest BCUT2D eigenvalue weighted by molar-refractivity contribution is 5.58.